The normalized spacial score (nSPS) is 19.0. The van der Waals surface area contributed by atoms with Crippen molar-refractivity contribution in [3.8, 4) is 0 Å². The van der Waals surface area contributed by atoms with Gasteiger partial charge in [-0.25, -0.2) is 9.97 Å². The highest BCUT2D eigenvalue weighted by molar-refractivity contribution is 5.85. The molecule has 4 N–H and O–H groups in total. The van der Waals surface area contributed by atoms with E-state index in [1.165, 1.54) is 0 Å². The van der Waals surface area contributed by atoms with E-state index in [-0.39, 0.29) is 24.8 Å². The Hall–Kier alpha value is -1.41. The number of nitrogens with one attached hydrogen (secondary N) is 2. The standard InChI is InChI=1S/C15H22N6O.2ClH/c1-9-18-14(10-3-11(16)4-10)6-15(19-9)17-7-12-5-13(8-22-2)21-20-12;;/h5-6,10-11H,3-4,7-8,16H2,1-2H3,(H,20,21)(H,17,18,19);2*1H. The Kier molecular flexibility index (Phi) is 7.89. The third-order valence-electron chi connectivity index (χ3n) is 3.89. The number of hydrogen-bond acceptors (Lipinski definition) is 6. The number of hydrogen-bond donors (Lipinski definition) is 3. The third-order valence-corrected chi connectivity index (χ3v) is 3.89. The van der Waals surface area contributed by atoms with Crippen LogP contribution < -0.4 is 11.1 Å². The van der Waals surface area contributed by atoms with Gasteiger partial charge in [-0.3, -0.25) is 5.10 Å². The number of methoxy groups -OCH3 is 1. The lowest BCUT2D eigenvalue weighted by Crippen LogP contribution is -2.35. The summed E-state index contributed by atoms with van der Waals surface area (Å²) < 4.78 is 5.06. The molecule has 0 aromatic carbocycles. The maximum Gasteiger partial charge on any atom is 0.130 e. The first-order valence-corrected chi connectivity index (χ1v) is 7.51. The summed E-state index contributed by atoms with van der Waals surface area (Å²) in [6.07, 6.45) is 2.02. The lowest BCUT2D eigenvalue weighted by atomic mass is 9.78. The first-order valence-electron chi connectivity index (χ1n) is 7.51. The zero-order valence-electron chi connectivity index (χ0n) is 13.8. The minimum atomic E-state index is 0. The van der Waals surface area contributed by atoms with Crippen LogP contribution in [0.1, 0.15) is 41.7 Å². The van der Waals surface area contributed by atoms with Crippen LogP contribution >= 0.6 is 24.8 Å². The van der Waals surface area contributed by atoms with Gasteiger partial charge >= 0.3 is 0 Å². The molecule has 1 aliphatic carbocycles. The van der Waals surface area contributed by atoms with Crippen molar-refractivity contribution < 1.29 is 4.74 Å². The lowest BCUT2D eigenvalue weighted by molar-refractivity contribution is 0.181. The van der Waals surface area contributed by atoms with E-state index in [0.717, 1.165) is 41.6 Å². The van der Waals surface area contributed by atoms with Crippen molar-refractivity contribution in [2.24, 2.45) is 5.73 Å². The van der Waals surface area contributed by atoms with E-state index in [1.807, 2.05) is 19.1 Å². The third kappa shape index (κ3) is 5.04. The molecular formula is C15H24Cl2N6O. The molecule has 0 spiro atoms. The predicted molar refractivity (Wildman–Crippen MR) is 97.8 cm³/mol. The van der Waals surface area contributed by atoms with Crippen molar-refractivity contribution in [3.63, 3.8) is 0 Å². The van der Waals surface area contributed by atoms with Gasteiger partial charge in [0.15, 0.2) is 0 Å². The van der Waals surface area contributed by atoms with Crippen LogP contribution in [0.4, 0.5) is 5.82 Å². The van der Waals surface area contributed by atoms with E-state index in [9.17, 15) is 0 Å². The zero-order chi connectivity index (χ0) is 15.5. The summed E-state index contributed by atoms with van der Waals surface area (Å²) >= 11 is 0. The summed E-state index contributed by atoms with van der Waals surface area (Å²) in [6, 6.07) is 4.33. The molecule has 0 unspecified atom stereocenters. The number of ether oxygens (including phenoxy) is 1. The number of anilines is 1. The van der Waals surface area contributed by atoms with E-state index in [0.29, 0.717) is 25.1 Å². The number of nitrogens with two attached hydrogens (primary N) is 1. The number of aromatic amines is 1. The van der Waals surface area contributed by atoms with Crippen LogP contribution in [0.3, 0.4) is 0 Å². The molecule has 1 aliphatic rings. The van der Waals surface area contributed by atoms with Gasteiger partial charge in [0.05, 0.1) is 24.5 Å². The van der Waals surface area contributed by atoms with Crippen LogP contribution in [-0.2, 0) is 17.9 Å². The number of aryl methyl sites for hydroxylation is 1. The Morgan fingerprint density at radius 1 is 1.29 bits per heavy atom. The van der Waals surface area contributed by atoms with E-state index >= 15 is 0 Å². The fourth-order valence-corrected chi connectivity index (χ4v) is 2.70. The molecular weight excluding hydrogens is 351 g/mol. The van der Waals surface area contributed by atoms with Gasteiger partial charge in [-0.2, -0.15) is 5.10 Å². The predicted octanol–water partition coefficient (Wildman–Crippen LogP) is 2.31. The molecule has 24 heavy (non-hydrogen) atoms. The highest BCUT2D eigenvalue weighted by Crippen LogP contribution is 2.35. The second-order valence-corrected chi connectivity index (χ2v) is 5.82. The molecule has 7 nitrogen and oxygen atoms in total. The summed E-state index contributed by atoms with van der Waals surface area (Å²) in [7, 11) is 1.66. The molecule has 2 aromatic rings. The smallest absolute Gasteiger partial charge is 0.130 e. The highest BCUT2D eigenvalue weighted by Gasteiger charge is 2.28. The average molecular weight is 375 g/mol. The van der Waals surface area contributed by atoms with Crippen molar-refractivity contribution in [1.82, 2.24) is 20.2 Å². The number of nitrogens with zero attached hydrogens (tertiary/aromatic N) is 3. The molecule has 0 amide bonds. The fourth-order valence-electron chi connectivity index (χ4n) is 2.70. The van der Waals surface area contributed by atoms with Crippen molar-refractivity contribution in [2.75, 3.05) is 12.4 Å². The summed E-state index contributed by atoms with van der Waals surface area (Å²) in [5, 5.41) is 10.5. The monoisotopic (exact) mass is 374 g/mol. The quantitative estimate of drug-likeness (QED) is 0.716. The van der Waals surface area contributed by atoms with Crippen LogP contribution in [0.25, 0.3) is 0 Å². The van der Waals surface area contributed by atoms with Crippen LogP contribution in [0.15, 0.2) is 12.1 Å². The Bertz CT molecular complexity index is 645. The van der Waals surface area contributed by atoms with Crippen molar-refractivity contribution in [3.05, 3.63) is 35.0 Å². The first kappa shape index (κ1) is 20.6. The van der Waals surface area contributed by atoms with Crippen molar-refractivity contribution >= 4 is 30.6 Å². The molecule has 2 aromatic heterocycles. The van der Waals surface area contributed by atoms with Crippen molar-refractivity contribution in [1.29, 1.82) is 0 Å². The van der Waals surface area contributed by atoms with Gasteiger partial charge in [-0.15, -0.1) is 24.8 Å². The number of rotatable bonds is 6. The average Bonchev–Trinajstić information content (AvgIpc) is 2.89. The Labute approximate surface area is 154 Å². The van der Waals surface area contributed by atoms with E-state index in [4.69, 9.17) is 10.5 Å². The summed E-state index contributed by atoms with van der Waals surface area (Å²) in [4.78, 5) is 8.97. The lowest BCUT2D eigenvalue weighted by Gasteiger charge is -2.32. The molecule has 2 heterocycles. The molecule has 0 atom stereocenters. The van der Waals surface area contributed by atoms with Crippen LogP contribution in [-0.4, -0.2) is 33.3 Å². The first-order chi connectivity index (χ1) is 10.6. The molecule has 0 aliphatic heterocycles. The Balaban J connectivity index is 0.00000144. The molecule has 1 fully saturated rings. The minimum absolute atomic E-state index is 0. The molecule has 0 radical (unpaired) electrons. The van der Waals surface area contributed by atoms with Gasteiger partial charge in [0, 0.05) is 30.8 Å². The highest BCUT2D eigenvalue weighted by atomic mass is 35.5. The number of H-pyrrole nitrogens is 1. The Morgan fingerprint density at radius 2 is 2.04 bits per heavy atom. The van der Waals surface area contributed by atoms with Crippen LogP contribution in [0.2, 0.25) is 0 Å². The fraction of sp³-hybridized carbons (Fsp3) is 0.533. The van der Waals surface area contributed by atoms with Gasteiger partial charge in [0.1, 0.15) is 11.6 Å². The molecule has 134 valence electrons. The molecule has 3 rings (SSSR count). The number of aromatic nitrogens is 4. The van der Waals surface area contributed by atoms with Gasteiger partial charge < -0.3 is 15.8 Å². The maximum absolute atomic E-state index is 5.86. The van der Waals surface area contributed by atoms with E-state index in [1.54, 1.807) is 7.11 Å². The second-order valence-electron chi connectivity index (χ2n) is 5.82. The van der Waals surface area contributed by atoms with Gasteiger partial charge in [0.2, 0.25) is 0 Å². The maximum atomic E-state index is 5.86. The van der Waals surface area contributed by atoms with E-state index in [2.05, 4.69) is 25.5 Å². The molecule has 9 heteroatoms. The van der Waals surface area contributed by atoms with E-state index < -0.39 is 0 Å². The molecule has 1 saturated carbocycles. The van der Waals surface area contributed by atoms with Gasteiger partial charge in [0.25, 0.3) is 0 Å². The summed E-state index contributed by atoms with van der Waals surface area (Å²) in [5.41, 5.74) is 8.84. The van der Waals surface area contributed by atoms with Crippen LogP contribution in [0.5, 0.6) is 0 Å². The van der Waals surface area contributed by atoms with Gasteiger partial charge in [-0.1, -0.05) is 0 Å². The molecule has 0 saturated heterocycles. The SMILES string of the molecule is COCc1cc(CNc2cc(C3CC(N)C3)nc(C)n2)[nH]n1.Cl.Cl. The summed E-state index contributed by atoms with van der Waals surface area (Å²) in [6.45, 7) is 3.06. The number of halogens is 2. The molecule has 0 bridgehead atoms. The second kappa shape index (κ2) is 9.17. The Morgan fingerprint density at radius 3 is 2.71 bits per heavy atom. The topological polar surface area (TPSA) is 102 Å². The summed E-state index contributed by atoms with van der Waals surface area (Å²) in [5.74, 6) is 2.09. The van der Waals surface area contributed by atoms with Gasteiger partial charge in [-0.05, 0) is 25.8 Å². The van der Waals surface area contributed by atoms with Crippen molar-refractivity contribution in [2.45, 2.75) is 44.9 Å². The van der Waals surface area contributed by atoms with Crippen LogP contribution in [0, 0.1) is 6.92 Å². The zero-order valence-corrected chi connectivity index (χ0v) is 15.4. The largest absolute Gasteiger partial charge is 0.378 e. The minimum Gasteiger partial charge on any atom is -0.378 e.